The fourth-order valence-electron chi connectivity index (χ4n) is 1.61. The molecule has 1 aromatic carbocycles. The molecule has 0 unspecified atom stereocenters. The van der Waals surface area contributed by atoms with Gasteiger partial charge in [-0.1, -0.05) is 6.07 Å². The van der Waals surface area contributed by atoms with E-state index in [9.17, 15) is 12.3 Å². The van der Waals surface area contributed by atoms with Crippen molar-refractivity contribution in [3.63, 3.8) is 0 Å². The average molecular weight is 252 g/mol. The summed E-state index contributed by atoms with van der Waals surface area (Å²) in [6.07, 6.45) is 0.863. The van der Waals surface area contributed by atoms with Gasteiger partial charge in [0.25, 0.3) is 0 Å². The van der Waals surface area contributed by atoms with E-state index in [2.05, 4.69) is 5.32 Å². The molecule has 6 heteroatoms. The third-order valence-corrected chi connectivity index (χ3v) is 3.16. The van der Waals surface area contributed by atoms with E-state index in [4.69, 9.17) is 0 Å². The summed E-state index contributed by atoms with van der Waals surface area (Å²) in [6.45, 7) is 1.49. The highest BCUT2D eigenvalue weighted by Crippen LogP contribution is 2.20. The molecule has 1 heterocycles. The molecular formula is C9H11ClFNO2S. The van der Waals surface area contributed by atoms with E-state index in [1.807, 2.05) is 0 Å². The molecule has 1 aliphatic heterocycles. The van der Waals surface area contributed by atoms with Gasteiger partial charge in [-0.2, -0.15) is 8.42 Å². The Labute approximate surface area is 94.3 Å². The quantitative estimate of drug-likeness (QED) is 0.768. The zero-order valence-electron chi connectivity index (χ0n) is 7.86. The molecule has 0 radical (unpaired) electrons. The Kier molecular flexibility index (Phi) is 3.70. The lowest BCUT2D eigenvalue weighted by Crippen LogP contribution is -2.23. The maximum absolute atomic E-state index is 12.6. The van der Waals surface area contributed by atoms with Crippen LogP contribution < -0.4 is 5.32 Å². The van der Waals surface area contributed by atoms with E-state index in [0.717, 1.165) is 24.1 Å². The summed E-state index contributed by atoms with van der Waals surface area (Å²) in [4.78, 5) is -0.250. The van der Waals surface area contributed by atoms with Crippen molar-refractivity contribution in [3.8, 4) is 0 Å². The first kappa shape index (κ1) is 12.4. The Morgan fingerprint density at radius 1 is 1.27 bits per heavy atom. The van der Waals surface area contributed by atoms with Gasteiger partial charge in [-0.3, -0.25) is 0 Å². The summed E-state index contributed by atoms with van der Waals surface area (Å²) >= 11 is 0. The van der Waals surface area contributed by atoms with Crippen molar-refractivity contribution in [1.29, 1.82) is 0 Å². The largest absolute Gasteiger partial charge is 0.332 e. The summed E-state index contributed by atoms with van der Waals surface area (Å²) in [5, 5.41) is 3.10. The zero-order valence-corrected chi connectivity index (χ0v) is 9.50. The Morgan fingerprint density at radius 2 is 2.00 bits per heavy atom. The van der Waals surface area contributed by atoms with Crippen LogP contribution in [-0.2, 0) is 23.2 Å². The minimum atomic E-state index is -4.56. The van der Waals surface area contributed by atoms with Crippen LogP contribution in [0.2, 0.25) is 0 Å². The Morgan fingerprint density at radius 3 is 2.67 bits per heavy atom. The maximum atomic E-state index is 12.6. The fourth-order valence-corrected chi connectivity index (χ4v) is 2.12. The summed E-state index contributed by atoms with van der Waals surface area (Å²) in [7, 11) is -4.56. The van der Waals surface area contributed by atoms with E-state index in [0.29, 0.717) is 6.54 Å². The van der Waals surface area contributed by atoms with Gasteiger partial charge in [0.05, 0.1) is 4.90 Å². The summed E-state index contributed by atoms with van der Waals surface area (Å²) in [5.74, 6) is 0. The molecule has 0 atom stereocenters. The molecule has 0 aromatic heterocycles. The standard InChI is InChI=1S/C9H10FNO2S.ClH/c10-14(12,13)9-2-1-7-3-4-11-6-8(7)5-9;/h1-2,5,11H,3-4,6H2;1H. The van der Waals surface area contributed by atoms with Crippen LogP contribution in [0.25, 0.3) is 0 Å². The van der Waals surface area contributed by atoms with Crippen LogP contribution in [0.3, 0.4) is 0 Å². The molecule has 0 aliphatic carbocycles. The predicted octanol–water partition coefficient (Wildman–Crippen LogP) is 1.41. The second-order valence-electron chi connectivity index (χ2n) is 3.30. The third kappa shape index (κ3) is 2.68. The Bertz CT molecular complexity index is 461. The second-order valence-corrected chi connectivity index (χ2v) is 4.64. The molecule has 2 rings (SSSR count). The van der Waals surface area contributed by atoms with Gasteiger partial charge in [0.2, 0.25) is 0 Å². The molecule has 15 heavy (non-hydrogen) atoms. The van der Waals surface area contributed by atoms with Crippen LogP contribution in [0.4, 0.5) is 3.89 Å². The van der Waals surface area contributed by atoms with Crippen molar-refractivity contribution >= 4 is 22.6 Å². The fraction of sp³-hybridized carbons (Fsp3) is 0.333. The van der Waals surface area contributed by atoms with Gasteiger partial charge in [-0.15, -0.1) is 16.3 Å². The first-order valence-electron chi connectivity index (χ1n) is 4.34. The lowest BCUT2D eigenvalue weighted by atomic mass is 10.0. The number of nitrogens with one attached hydrogen (secondary N) is 1. The van der Waals surface area contributed by atoms with Crippen molar-refractivity contribution in [2.45, 2.75) is 17.9 Å². The molecule has 0 spiro atoms. The highest BCUT2D eigenvalue weighted by molar-refractivity contribution is 7.86. The zero-order chi connectivity index (χ0) is 10.2. The lowest BCUT2D eigenvalue weighted by Gasteiger charge is -2.16. The highest BCUT2D eigenvalue weighted by Gasteiger charge is 2.15. The van der Waals surface area contributed by atoms with Crippen molar-refractivity contribution in [1.82, 2.24) is 5.32 Å². The SMILES string of the molecule is Cl.O=S(=O)(F)c1ccc2c(c1)CNCC2. The second kappa shape index (κ2) is 4.47. The van der Waals surface area contributed by atoms with Crippen LogP contribution in [0.5, 0.6) is 0 Å². The molecule has 84 valence electrons. The predicted molar refractivity (Wildman–Crippen MR) is 57.4 cm³/mol. The first-order valence-corrected chi connectivity index (χ1v) is 5.73. The van der Waals surface area contributed by atoms with Crippen LogP contribution in [0.1, 0.15) is 11.1 Å². The van der Waals surface area contributed by atoms with E-state index >= 15 is 0 Å². The number of halogens is 2. The molecule has 0 saturated heterocycles. The smallest absolute Gasteiger partial charge is 0.312 e. The van der Waals surface area contributed by atoms with Gasteiger partial charge >= 0.3 is 10.2 Å². The number of hydrogen-bond donors (Lipinski definition) is 1. The van der Waals surface area contributed by atoms with E-state index in [-0.39, 0.29) is 17.3 Å². The molecule has 0 amide bonds. The molecule has 1 N–H and O–H groups in total. The van der Waals surface area contributed by atoms with Crippen molar-refractivity contribution < 1.29 is 12.3 Å². The van der Waals surface area contributed by atoms with Gasteiger partial charge in [0, 0.05) is 6.54 Å². The maximum Gasteiger partial charge on any atom is 0.332 e. The number of hydrogen-bond acceptors (Lipinski definition) is 3. The average Bonchev–Trinajstić information content (AvgIpc) is 2.16. The van der Waals surface area contributed by atoms with Crippen LogP contribution >= 0.6 is 12.4 Å². The van der Waals surface area contributed by atoms with Crippen molar-refractivity contribution in [2.24, 2.45) is 0 Å². The summed E-state index contributed by atoms with van der Waals surface area (Å²) < 4.78 is 33.9. The first-order chi connectivity index (χ1) is 6.57. The minimum Gasteiger partial charge on any atom is -0.312 e. The van der Waals surface area contributed by atoms with Gasteiger partial charge in [0.15, 0.2) is 0 Å². The molecule has 3 nitrogen and oxygen atoms in total. The monoisotopic (exact) mass is 251 g/mol. The normalized spacial score (nSPS) is 15.3. The Balaban J connectivity index is 0.00000112. The molecular weight excluding hydrogens is 241 g/mol. The number of benzene rings is 1. The number of rotatable bonds is 1. The molecule has 0 bridgehead atoms. The molecule has 1 aromatic rings. The topological polar surface area (TPSA) is 46.2 Å². The van der Waals surface area contributed by atoms with E-state index < -0.39 is 10.2 Å². The molecule has 0 saturated carbocycles. The van der Waals surface area contributed by atoms with Gasteiger partial charge in [-0.25, -0.2) is 0 Å². The summed E-state index contributed by atoms with van der Waals surface area (Å²) in [5.41, 5.74) is 1.96. The number of fused-ring (bicyclic) bond motifs is 1. The summed E-state index contributed by atoms with van der Waals surface area (Å²) in [6, 6.07) is 4.40. The van der Waals surface area contributed by atoms with Crippen LogP contribution in [0, 0.1) is 0 Å². The van der Waals surface area contributed by atoms with Gasteiger partial charge in [-0.05, 0) is 36.2 Å². The van der Waals surface area contributed by atoms with Gasteiger partial charge < -0.3 is 5.32 Å². The third-order valence-electron chi connectivity index (χ3n) is 2.35. The van der Waals surface area contributed by atoms with Crippen molar-refractivity contribution in [2.75, 3.05) is 6.54 Å². The van der Waals surface area contributed by atoms with Crippen LogP contribution in [0.15, 0.2) is 23.1 Å². The lowest BCUT2D eigenvalue weighted by molar-refractivity contribution is 0.551. The Hall–Kier alpha value is -0.650. The molecule has 0 fully saturated rings. The van der Waals surface area contributed by atoms with E-state index in [1.165, 1.54) is 12.1 Å². The molecule has 1 aliphatic rings. The van der Waals surface area contributed by atoms with Gasteiger partial charge in [0.1, 0.15) is 0 Å². The highest BCUT2D eigenvalue weighted by atomic mass is 35.5. The van der Waals surface area contributed by atoms with Crippen molar-refractivity contribution in [3.05, 3.63) is 29.3 Å². The minimum absolute atomic E-state index is 0. The van der Waals surface area contributed by atoms with Crippen LogP contribution in [-0.4, -0.2) is 15.0 Å². The van der Waals surface area contributed by atoms with E-state index in [1.54, 1.807) is 6.07 Å².